The molecule has 20 heavy (non-hydrogen) atoms. The van der Waals surface area contributed by atoms with Gasteiger partial charge in [0.25, 0.3) is 0 Å². The number of urea groups is 1. The number of carbonyl (C=O) groups is 1. The smallest absolute Gasteiger partial charge is 0.317 e. The molecule has 0 atom stereocenters. The highest BCUT2D eigenvalue weighted by Gasteiger charge is 2.20. The normalized spacial score (nSPS) is 15.9. The molecule has 1 aromatic rings. The van der Waals surface area contributed by atoms with Gasteiger partial charge in [-0.15, -0.1) is 0 Å². The number of nitrogens with two attached hydrogens (primary N) is 1. The SMILES string of the molecule is NC(=S)CN1CCN(C(=O)NCc2ccccc2)CC1. The number of rotatable bonds is 4. The molecule has 1 aliphatic rings. The highest BCUT2D eigenvalue weighted by atomic mass is 32.1. The first-order valence-electron chi connectivity index (χ1n) is 6.72. The second-order valence-corrected chi connectivity index (χ2v) is 5.40. The van der Waals surface area contributed by atoms with Crippen molar-refractivity contribution in [1.82, 2.24) is 15.1 Å². The first-order chi connectivity index (χ1) is 9.65. The van der Waals surface area contributed by atoms with Crippen molar-refractivity contribution in [3.8, 4) is 0 Å². The summed E-state index contributed by atoms with van der Waals surface area (Å²) >= 11 is 4.90. The van der Waals surface area contributed by atoms with Crippen LogP contribution in [0, 0.1) is 0 Å². The summed E-state index contributed by atoms with van der Waals surface area (Å²) in [6, 6.07) is 9.89. The van der Waals surface area contributed by atoms with E-state index in [4.69, 9.17) is 18.0 Å². The van der Waals surface area contributed by atoms with E-state index in [0.29, 0.717) is 31.2 Å². The number of hydrogen-bond acceptors (Lipinski definition) is 3. The number of piperazine rings is 1. The molecule has 1 saturated heterocycles. The van der Waals surface area contributed by atoms with Gasteiger partial charge >= 0.3 is 6.03 Å². The molecular weight excluding hydrogens is 272 g/mol. The second kappa shape index (κ2) is 7.21. The third kappa shape index (κ3) is 4.47. The number of thiocarbonyl (C=S) groups is 1. The predicted octanol–water partition coefficient (Wildman–Crippen LogP) is 0.800. The fourth-order valence-electron chi connectivity index (χ4n) is 2.21. The molecule has 0 bridgehead atoms. The summed E-state index contributed by atoms with van der Waals surface area (Å²) in [4.78, 5) is 16.6. The molecule has 0 aromatic heterocycles. The minimum absolute atomic E-state index is 0.0103. The van der Waals surface area contributed by atoms with Crippen LogP contribution in [0.1, 0.15) is 5.56 Å². The standard InChI is InChI=1S/C14H20N4OS/c15-13(20)11-17-6-8-18(9-7-17)14(19)16-10-12-4-2-1-3-5-12/h1-5H,6-11H2,(H2,15,20)(H,16,19). The average Bonchev–Trinajstić information content (AvgIpc) is 2.46. The van der Waals surface area contributed by atoms with E-state index in [9.17, 15) is 4.79 Å². The lowest BCUT2D eigenvalue weighted by atomic mass is 10.2. The highest BCUT2D eigenvalue weighted by molar-refractivity contribution is 7.80. The van der Waals surface area contributed by atoms with Gasteiger partial charge in [0.1, 0.15) is 0 Å². The van der Waals surface area contributed by atoms with Crippen LogP contribution in [0.2, 0.25) is 0 Å². The first kappa shape index (κ1) is 14.7. The van der Waals surface area contributed by atoms with E-state index < -0.39 is 0 Å². The molecule has 0 saturated carbocycles. The Kier molecular flexibility index (Phi) is 5.31. The molecule has 0 aliphatic carbocycles. The van der Waals surface area contributed by atoms with Crippen molar-refractivity contribution >= 4 is 23.2 Å². The van der Waals surface area contributed by atoms with Crippen LogP contribution in [-0.4, -0.2) is 53.5 Å². The number of benzene rings is 1. The van der Waals surface area contributed by atoms with Gasteiger partial charge in [-0.1, -0.05) is 42.5 Å². The molecule has 1 fully saturated rings. The molecule has 3 N–H and O–H groups in total. The van der Waals surface area contributed by atoms with Crippen LogP contribution >= 0.6 is 12.2 Å². The Balaban J connectivity index is 1.73. The van der Waals surface area contributed by atoms with Crippen molar-refractivity contribution in [1.29, 1.82) is 0 Å². The van der Waals surface area contributed by atoms with Crippen LogP contribution in [-0.2, 0) is 6.54 Å². The topological polar surface area (TPSA) is 61.6 Å². The zero-order valence-electron chi connectivity index (χ0n) is 11.4. The summed E-state index contributed by atoms with van der Waals surface area (Å²) in [6.45, 7) is 4.25. The third-order valence-corrected chi connectivity index (χ3v) is 3.45. The maximum atomic E-state index is 12.0. The van der Waals surface area contributed by atoms with E-state index in [0.717, 1.165) is 18.7 Å². The summed E-state index contributed by atoms with van der Waals surface area (Å²) in [5.41, 5.74) is 6.63. The van der Waals surface area contributed by atoms with E-state index in [1.165, 1.54) is 0 Å². The van der Waals surface area contributed by atoms with E-state index in [-0.39, 0.29) is 6.03 Å². The summed E-state index contributed by atoms with van der Waals surface area (Å²) in [5, 5.41) is 2.94. The minimum Gasteiger partial charge on any atom is -0.392 e. The second-order valence-electron chi connectivity index (χ2n) is 4.87. The van der Waals surface area contributed by atoms with Gasteiger partial charge in [-0.2, -0.15) is 0 Å². The van der Waals surface area contributed by atoms with Crippen LogP contribution < -0.4 is 11.1 Å². The maximum Gasteiger partial charge on any atom is 0.317 e. The fraction of sp³-hybridized carbons (Fsp3) is 0.429. The first-order valence-corrected chi connectivity index (χ1v) is 7.13. The maximum absolute atomic E-state index is 12.0. The van der Waals surface area contributed by atoms with E-state index >= 15 is 0 Å². The molecule has 108 valence electrons. The molecule has 5 nitrogen and oxygen atoms in total. The minimum atomic E-state index is -0.0103. The summed E-state index contributed by atoms with van der Waals surface area (Å²) in [7, 11) is 0. The quantitative estimate of drug-likeness (QED) is 0.806. The molecule has 1 heterocycles. The van der Waals surface area contributed by atoms with E-state index in [2.05, 4.69) is 10.2 Å². The largest absolute Gasteiger partial charge is 0.392 e. The summed E-state index contributed by atoms with van der Waals surface area (Å²) in [6.07, 6.45) is 0. The number of nitrogens with one attached hydrogen (secondary N) is 1. The van der Waals surface area contributed by atoms with Crippen LogP contribution in [0.4, 0.5) is 4.79 Å². The Bertz CT molecular complexity index is 458. The lowest BCUT2D eigenvalue weighted by molar-refractivity contribution is 0.149. The zero-order chi connectivity index (χ0) is 14.4. The van der Waals surface area contributed by atoms with Crippen LogP contribution in [0.5, 0.6) is 0 Å². The van der Waals surface area contributed by atoms with Gasteiger partial charge in [0.2, 0.25) is 0 Å². The van der Waals surface area contributed by atoms with Crippen molar-refractivity contribution < 1.29 is 4.79 Å². The Morgan fingerprint density at radius 2 is 1.85 bits per heavy atom. The third-order valence-electron chi connectivity index (χ3n) is 3.33. The number of carbonyl (C=O) groups excluding carboxylic acids is 1. The molecular formula is C14H20N4OS. The van der Waals surface area contributed by atoms with Crippen molar-refractivity contribution in [2.75, 3.05) is 32.7 Å². The highest BCUT2D eigenvalue weighted by Crippen LogP contribution is 2.03. The molecule has 0 spiro atoms. The molecule has 1 aromatic carbocycles. The zero-order valence-corrected chi connectivity index (χ0v) is 12.2. The van der Waals surface area contributed by atoms with Gasteiger partial charge in [-0.3, -0.25) is 4.90 Å². The molecule has 2 rings (SSSR count). The van der Waals surface area contributed by atoms with Gasteiger partial charge in [0.15, 0.2) is 0 Å². The van der Waals surface area contributed by atoms with Gasteiger partial charge in [0.05, 0.1) is 4.99 Å². The van der Waals surface area contributed by atoms with Crippen molar-refractivity contribution in [3.05, 3.63) is 35.9 Å². The molecule has 0 radical (unpaired) electrons. The van der Waals surface area contributed by atoms with E-state index in [1.807, 2.05) is 35.2 Å². The predicted molar refractivity (Wildman–Crippen MR) is 83.5 cm³/mol. The number of nitrogens with zero attached hydrogens (tertiary/aromatic N) is 2. The fourth-order valence-corrected chi connectivity index (χ4v) is 2.40. The van der Waals surface area contributed by atoms with Gasteiger partial charge in [0, 0.05) is 39.3 Å². The van der Waals surface area contributed by atoms with Gasteiger partial charge in [-0.05, 0) is 5.56 Å². The van der Waals surface area contributed by atoms with Crippen molar-refractivity contribution in [2.45, 2.75) is 6.54 Å². The lowest BCUT2D eigenvalue weighted by Crippen LogP contribution is -2.52. The molecule has 1 aliphatic heterocycles. The Morgan fingerprint density at radius 1 is 1.20 bits per heavy atom. The van der Waals surface area contributed by atoms with Crippen LogP contribution in [0.25, 0.3) is 0 Å². The van der Waals surface area contributed by atoms with Crippen LogP contribution in [0.3, 0.4) is 0 Å². The van der Waals surface area contributed by atoms with E-state index in [1.54, 1.807) is 0 Å². The Labute approximate surface area is 124 Å². The monoisotopic (exact) mass is 292 g/mol. The summed E-state index contributed by atoms with van der Waals surface area (Å²) in [5.74, 6) is 0. The molecule has 2 amide bonds. The molecule has 6 heteroatoms. The average molecular weight is 292 g/mol. The number of amides is 2. The van der Waals surface area contributed by atoms with Gasteiger partial charge in [-0.25, -0.2) is 4.79 Å². The summed E-state index contributed by atoms with van der Waals surface area (Å²) < 4.78 is 0. The molecule has 0 unspecified atom stereocenters. The van der Waals surface area contributed by atoms with Crippen molar-refractivity contribution in [3.63, 3.8) is 0 Å². The Morgan fingerprint density at radius 3 is 2.45 bits per heavy atom. The van der Waals surface area contributed by atoms with Crippen LogP contribution in [0.15, 0.2) is 30.3 Å². The number of hydrogen-bond donors (Lipinski definition) is 2. The van der Waals surface area contributed by atoms with Gasteiger partial charge < -0.3 is 16.0 Å². The Hall–Kier alpha value is -1.66. The lowest BCUT2D eigenvalue weighted by Gasteiger charge is -2.34. The van der Waals surface area contributed by atoms with Crippen molar-refractivity contribution in [2.24, 2.45) is 5.73 Å².